The first kappa shape index (κ1) is 13.0. The number of rotatable bonds is 7. The smallest absolute Gasteiger partial charge is 0.0366 e. The van der Waals surface area contributed by atoms with Crippen LogP contribution in [0, 0.1) is 5.92 Å². The van der Waals surface area contributed by atoms with Gasteiger partial charge in [0.1, 0.15) is 0 Å². The average Bonchev–Trinajstić information content (AvgIpc) is 3.20. The molecule has 3 rings (SSSR count). The Labute approximate surface area is 117 Å². The highest BCUT2D eigenvalue weighted by molar-refractivity contribution is 5.47. The Balaban J connectivity index is 1.55. The van der Waals surface area contributed by atoms with E-state index in [-0.39, 0.29) is 0 Å². The van der Waals surface area contributed by atoms with Crippen molar-refractivity contribution in [2.24, 2.45) is 5.92 Å². The molecule has 0 amide bonds. The van der Waals surface area contributed by atoms with Crippen LogP contribution in [0.2, 0.25) is 0 Å². The zero-order valence-electron chi connectivity index (χ0n) is 12.1. The van der Waals surface area contributed by atoms with Crippen LogP contribution in [0.3, 0.4) is 0 Å². The fourth-order valence-corrected chi connectivity index (χ4v) is 2.78. The Hall–Kier alpha value is -1.02. The molecule has 2 nitrogen and oxygen atoms in total. The number of hydrogen-bond acceptors (Lipinski definition) is 2. The lowest BCUT2D eigenvalue weighted by Crippen LogP contribution is -2.32. The summed E-state index contributed by atoms with van der Waals surface area (Å²) >= 11 is 0. The summed E-state index contributed by atoms with van der Waals surface area (Å²) in [5.41, 5.74) is 2.81. The highest BCUT2D eigenvalue weighted by Gasteiger charge is 2.21. The van der Waals surface area contributed by atoms with Gasteiger partial charge in [-0.15, -0.1) is 0 Å². The molecular weight excluding hydrogens is 232 g/mol. The lowest BCUT2D eigenvalue weighted by Gasteiger charge is -2.33. The maximum atomic E-state index is 3.57. The molecule has 1 N–H and O–H groups in total. The molecule has 2 saturated carbocycles. The molecule has 1 aromatic rings. The van der Waals surface area contributed by atoms with Crippen LogP contribution in [0.5, 0.6) is 0 Å². The van der Waals surface area contributed by atoms with Gasteiger partial charge < -0.3 is 10.2 Å². The second-order valence-corrected chi connectivity index (χ2v) is 6.16. The van der Waals surface area contributed by atoms with Crippen LogP contribution >= 0.6 is 0 Å². The quantitative estimate of drug-likeness (QED) is 0.804. The van der Waals surface area contributed by atoms with Gasteiger partial charge in [0.25, 0.3) is 0 Å². The van der Waals surface area contributed by atoms with Crippen molar-refractivity contribution < 1.29 is 0 Å². The summed E-state index contributed by atoms with van der Waals surface area (Å²) in [5.74, 6) is 0.941. The Bertz CT molecular complexity index is 390. The van der Waals surface area contributed by atoms with Crippen LogP contribution in [0.15, 0.2) is 24.3 Å². The zero-order valence-corrected chi connectivity index (χ0v) is 12.1. The van der Waals surface area contributed by atoms with Crippen molar-refractivity contribution in [3.05, 3.63) is 29.8 Å². The Morgan fingerprint density at radius 3 is 2.37 bits per heavy atom. The Morgan fingerprint density at radius 2 is 1.84 bits per heavy atom. The molecule has 0 spiro atoms. The van der Waals surface area contributed by atoms with Gasteiger partial charge in [-0.1, -0.05) is 18.6 Å². The fourth-order valence-electron chi connectivity index (χ4n) is 2.78. The third kappa shape index (κ3) is 3.50. The first-order chi connectivity index (χ1) is 9.35. The van der Waals surface area contributed by atoms with Gasteiger partial charge in [-0.25, -0.2) is 0 Å². The minimum atomic E-state index is 0.797. The molecule has 0 aliphatic heterocycles. The molecule has 104 valence electrons. The van der Waals surface area contributed by atoms with E-state index in [0.717, 1.165) is 25.0 Å². The second kappa shape index (κ2) is 5.96. The molecule has 0 heterocycles. The molecule has 2 fully saturated rings. The summed E-state index contributed by atoms with van der Waals surface area (Å²) in [6, 6.07) is 9.96. The van der Waals surface area contributed by atoms with E-state index in [0.29, 0.717) is 0 Å². The van der Waals surface area contributed by atoms with Crippen LogP contribution < -0.4 is 10.2 Å². The predicted molar refractivity (Wildman–Crippen MR) is 81.5 cm³/mol. The summed E-state index contributed by atoms with van der Waals surface area (Å²) in [7, 11) is 0. The zero-order chi connectivity index (χ0) is 13.1. The number of hydrogen-bond donors (Lipinski definition) is 1. The largest absolute Gasteiger partial charge is 0.372 e. The predicted octanol–water partition coefficient (Wildman–Crippen LogP) is 3.57. The van der Waals surface area contributed by atoms with E-state index < -0.39 is 0 Å². The number of benzene rings is 1. The van der Waals surface area contributed by atoms with E-state index >= 15 is 0 Å². The number of anilines is 1. The first-order valence-corrected chi connectivity index (χ1v) is 7.92. The van der Waals surface area contributed by atoms with Crippen molar-refractivity contribution in [1.82, 2.24) is 5.32 Å². The van der Waals surface area contributed by atoms with Gasteiger partial charge in [-0.3, -0.25) is 0 Å². The molecule has 0 saturated heterocycles. The van der Waals surface area contributed by atoms with Gasteiger partial charge >= 0.3 is 0 Å². The molecule has 2 aliphatic rings. The molecule has 19 heavy (non-hydrogen) atoms. The standard InChI is InChI=1S/C17H26N2/c1-2-19(13-15-4-3-5-15)17-10-6-14(7-11-17)12-18-16-8-9-16/h6-7,10-11,15-16,18H,2-5,8-9,12-13H2,1H3. The molecular formula is C17H26N2. The number of nitrogens with one attached hydrogen (secondary N) is 1. The topological polar surface area (TPSA) is 15.3 Å². The third-order valence-electron chi connectivity index (χ3n) is 4.56. The number of nitrogens with zero attached hydrogens (tertiary/aromatic N) is 1. The molecule has 0 bridgehead atoms. The van der Waals surface area contributed by atoms with Gasteiger partial charge in [-0.2, -0.15) is 0 Å². The van der Waals surface area contributed by atoms with Crippen molar-refractivity contribution >= 4 is 5.69 Å². The lowest BCUT2D eigenvalue weighted by molar-refractivity contribution is 0.318. The molecule has 1 aromatic carbocycles. The molecule has 0 atom stereocenters. The maximum Gasteiger partial charge on any atom is 0.0366 e. The lowest BCUT2D eigenvalue weighted by atomic mass is 9.85. The Morgan fingerprint density at radius 1 is 1.11 bits per heavy atom. The summed E-state index contributed by atoms with van der Waals surface area (Å²) in [6.45, 7) is 5.66. The molecule has 0 unspecified atom stereocenters. The minimum Gasteiger partial charge on any atom is -0.372 e. The molecule has 2 aliphatic carbocycles. The van der Waals surface area contributed by atoms with E-state index in [1.165, 1.54) is 49.9 Å². The average molecular weight is 258 g/mol. The van der Waals surface area contributed by atoms with Gasteiger partial charge in [0, 0.05) is 31.4 Å². The van der Waals surface area contributed by atoms with E-state index in [9.17, 15) is 0 Å². The van der Waals surface area contributed by atoms with E-state index in [1.807, 2.05) is 0 Å². The summed E-state index contributed by atoms with van der Waals surface area (Å²) in [6.07, 6.45) is 7.03. The van der Waals surface area contributed by atoms with Gasteiger partial charge in [0.2, 0.25) is 0 Å². The molecule has 0 radical (unpaired) electrons. The van der Waals surface area contributed by atoms with E-state index in [2.05, 4.69) is 41.4 Å². The van der Waals surface area contributed by atoms with Crippen molar-refractivity contribution in [1.29, 1.82) is 0 Å². The summed E-state index contributed by atoms with van der Waals surface area (Å²) in [4.78, 5) is 2.53. The van der Waals surface area contributed by atoms with Crippen molar-refractivity contribution in [2.45, 2.75) is 51.6 Å². The van der Waals surface area contributed by atoms with Crippen LogP contribution in [-0.2, 0) is 6.54 Å². The van der Waals surface area contributed by atoms with E-state index in [4.69, 9.17) is 0 Å². The second-order valence-electron chi connectivity index (χ2n) is 6.16. The van der Waals surface area contributed by atoms with E-state index in [1.54, 1.807) is 0 Å². The normalized spacial score (nSPS) is 19.2. The fraction of sp³-hybridized carbons (Fsp3) is 0.647. The highest BCUT2D eigenvalue weighted by atomic mass is 15.1. The monoisotopic (exact) mass is 258 g/mol. The SMILES string of the molecule is CCN(CC1CCC1)c1ccc(CNC2CC2)cc1. The minimum absolute atomic E-state index is 0.797. The van der Waals surface area contributed by atoms with Crippen molar-refractivity contribution in [3.8, 4) is 0 Å². The van der Waals surface area contributed by atoms with Gasteiger partial charge in [0.05, 0.1) is 0 Å². The summed E-state index contributed by atoms with van der Waals surface area (Å²) < 4.78 is 0. The van der Waals surface area contributed by atoms with Crippen molar-refractivity contribution in [3.63, 3.8) is 0 Å². The molecule has 0 aromatic heterocycles. The first-order valence-electron chi connectivity index (χ1n) is 7.92. The van der Waals surface area contributed by atoms with Crippen LogP contribution in [-0.4, -0.2) is 19.1 Å². The van der Waals surface area contributed by atoms with Gasteiger partial charge in [0.15, 0.2) is 0 Å². The van der Waals surface area contributed by atoms with Crippen LogP contribution in [0.25, 0.3) is 0 Å². The van der Waals surface area contributed by atoms with Gasteiger partial charge in [-0.05, 0) is 56.2 Å². The van der Waals surface area contributed by atoms with Crippen LogP contribution in [0.1, 0.15) is 44.6 Å². The third-order valence-corrected chi connectivity index (χ3v) is 4.56. The maximum absolute atomic E-state index is 3.57. The highest BCUT2D eigenvalue weighted by Crippen LogP contribution is 2.29. The summed E-state index contributed by atoms with van der Waals surface area (Å²) in [5, 5.41) is 3.57. The molecule has 2 heteroatoms. The van der Waals surface area contributed by atoms with Crippen molar-refractivity contribution in [2.75, 3.05) is 18.0 Å². The van der Waals surface area contributed by atoms with Crippen LogP contribution in [0.4, 0.5) is 5.69 Å². The Kier molecular flexibility index (Phi) is 4.07.